The lowest BCUT2D eigenvalue weighted by Gasteiger charge is -2.29. The summed E-state index contributed by atoms with van der Waals surface area (Å²) < 4.78 is 0. The van der Waals surface area contributed by atoms with Gasteiger partial charge in [0, 0.05) is 5.92 Å². The van der Waals surface area contributed by atoms with Crippen molar-refractivity contribution >= 4 is 29.0 Å². The summed E-state index contributed by atoms with van der Waals surface area (Å²) in [4.78, 5) is 14.0. The molecule has 0 unspecified atom stereocenters. The Morgan fingerprint density at radius 2 is 1.76 bits per heavy atom. The van der Waals surface area contributed by atoms with Crippen LogP contribution in [-0.4, -0.2) is 16.6 Å². The number of thiophene rings is 1. The molecule has 1 amide bonds. The van der Waals surface area contributed by atoms with Gasteiger partial charge >= 0.3 is 0 Å². The van der Waals surface area contributed by atoms with E-state index in [0.29, 0.717) is 0 Å². The summed E-state index contributed by atoms with van der Waals surface area (Å²) >= 11 is 1.48. The fourth-order valence-corrected chi connectivity index (χ4v) is 5.07. The average Bonchev–Trinajstić information content (AvgIpc) is 3.43. The van der Waals surface area contributed by atoms with Crippen LogP contribution in [0.5, 0.6) is 0 Å². The van der Waals surface area contributed by atoms with E-state index >= 15 is 0 Å². The number of fused-ring (bicyclic) bond motifs is 1. The summed E-state index contributed by atoms with van der Waals surface area (Å²) in [7, 11) is 0. The van der Waals surface area contributed by atoms with Crippen LogP contribution in [0.15, 0.2) is 88.9 Å². The molecule has 1 fully saturated rings. The number of allylic oxidation sites excluding steroid dienone is 1. The van der Waals surface area contributed by atoms with Crippen LogP contribution in [0.3, 0.4) is 0 Å². The Kier molecular flexibility index (Phi) is 4.86. The monoisotopic (exact) mass is 398 g/mol. The second kappa shape index (κ2) is 7.80. The highest BCUT2D eigenvalue weighted by molar-refractivity contribution is 7.12. The predicted molar refractivity (Wildman–Crippen MR) is 119 cm³/mol. The van der Waals surface area contributed by atoms with E-state index in [0.717, 1.165) is 35.4 Å². The molecule has 0 spiro atoms. The number of carbonyl (C=O) groups excluding carboxylic acids is 1. The van der Waals surface area contributed by atoms with Crippen molar-refractivity contribution in [2.24, 2.45) is 11.0 Å². The van der Waals surface area contributed by atoms with Crippen molar-refractivity contribution in [1.29, 1.82) is 0 Å². The van der Waals surface area contributed by atoms with E-state index in [1.54, 1.807) is 5.01 Å². The highest BCUT2D eigenvalue weighted by Gasteiger charge is 2.44. The van der Waals surface area contributed by atoms with Crippen molar-refractivity contribution in [3.63, 3.8) is 0 Å². The highest BCUT2D eigenvalue weighted by atomic mass is 32.1. The van der Waals surface area contributed by atoms with E-state index in [1.807, 2.05) is 41.8 Å². The molecule has 1 aromatic heterocycles. The minimum atomic E-state index is -0.0414. The van der Waals surface area contributed by atoms with Crippen LogP contribution in [0.1, 0.15) is 46.1 Å². The number of hydrogen-bond donors (Lipinski definition) is 0. The van der Waals surface area contributed by atoms with E-state index in [4.69, 9.17) is 5.10 Å². The number of rotatable bonds is 3. The second-order valence-corrected chi connectivity index (χ2v) is 8.49. The molecule has 3 aromatic rings. The highest BCUT2D eigenvalue weighted by Crippen LogP contribution is 2.45. The molecule has 29 heavy (non-hydrogen) atoms. The Morgan fingerprint density at radius 3 is 2.48 bits per heavy atom. The molecule has 2 aromatic carbocycles. The second-order valence-electron chi connectivity index (χ2n) is 7.55. The third kappa shape index (κ3) is 3.45. The van der Waals surface area contributed by atoms with E-state index in [9.17, 15) is 4.79 Å². The average molecular weight is 399 g/mol. The summed E-state index contributed by atoms with van der Waals surface area (Å²) in [6.45, 7) is 0. The fraction of sp³-hybridized carbons (Fsp3) is 0.200. The summed E-state index contributed by atoms with van der Waals surface area (Å²) in [6.07, 6.45) is 5.42. The van der Waals surface area contributed by atoms with E-state index in [-0.39, 0.29) is 17.9 Å². The molecule has 1 aliphatic heterocycles. The maximum absolute atomic E-state index is 13.3. The maximum atomic E-state index is 13.3. The van der Waals surface area contributed by atoms with Gasteiger partial charge in [0.15, 0.2) is 0 Å². The lowest BCUT2D eigenvalue weighted by atomic mass is 9.77. The van der Waals surface area contributed by atoms with Gasteiger partial charge in [0.2, 0.25) is 0 Å². The van der Waals surface area contributed by atoms with Crippen LogP contribution in [0.2, 0.25) is 0 Å². The zero-order valence-corrected chi connectivity index (χ0v) is 16.9. The van der Waals surface area contributed by atoms with Crippen LogP contribution in [-0.2, 0) is 0 Å². The van der Waals surface area contributed by atoms with Gasteiger partial charge in [-0.25, -0.2) is 5.01 Å². The lowest BCUT2D eigenvalue weighted by Crippen LogP contribution is -2.31. The standard InChI is InChI=1S/C25H22N2OS/c28-25(22-15-8-16-29-22)27-24(19-11-5-2-6-12-19)21-14-7-13-20(23(21)26-27)17-18-9-3-1-4-10-18/h1-6,8-12,15-17,21,24H,7,13-14H2/b20-17+/t21-,24-/m0/s1. The molecule has 0 radical (unpaired) electrons. The minimum Gasteiger partial charge on any atom is -0.266 e. The van der Waals surface area contributed by atoms with Crippen LogP contribution in [0.4, 0.5) is 0 Å². The molecule has 2 heterocycles. The Bertz CT molecular complexity index is 1050. The van der Waals surface area contributed by atoms with Crippen molar-refractivity contribution in [2.75, 3.05) is 0 Å². The van der Waals surface area contributed by atoms with Crippen LogP contribution < -0.4 is 0 Å². The van der Waals surface area contributed by atoms with Gasteiger partial charge in [0.25, 0.3) is 5.91 Å². The largest absolute Gasteiger partial charge is 0.284 e. The molecule has 0 saturated heterocycles. The molecule has 0 bridgehead atoms. The van der Waals surface area contributed by atoms with Gasteiger partial charge in [-0.15, -0.1) is 11.3 Å². The maximum Gasteiger partial charge on any atom is 0.284 e. The zero-order valence-electron chi connectivity index (χ0n) is 16.1. The van der Waals surface area contributed by atoms with Crippen molar-refractivity contribution in [3.8, 4) is 0 Å². The molecule has 2 aliphatic rings. The number of hydrogen-bond acceptors (Lipinski definition) is 3. The molecule has 1 saturated carbocycles. The smallest absolute Gasteiger partial charge is 0.266 e. The van der Waals surface area contributed by atoms with Gasteiger partial charge in [-0.1, -0.05) is 66.7 Å². The van der Waals surface area contributed by atoms with Gasteiger partial charge in [-0.2, -0.15) is 5.10 Å². The van der Waals surface area contributed by atoms with Crippen molar-refractivity contribution < 1.29 is 4.79 Å². The number of nitrogens with zero attached hydrogens (tertiary/aromatic N) is 2. The number of hydrazone groups is 1. The Labute approximate surface area is 175 Å². The summed E-state index contributed by atoms with van der Waals surface area (Å²) in [5.41, 5.74) is 4.68. The van der Waals surface area contributed by atoms with E-state index < -0.39 is 0 Å². The number of amides is 1. The minimum absolute atomic E-state index is 0.00480. The molecule has 2 atom stereocenters. The van der Waals surface area contributed by atoms with Crippen molar-refractivity contribution in [1.82, 2.24) is 5.01 Å². The topological polar surface area (TPSA) is 32.7 Å². The van der Waals surface area contributed by atoms with Crippen LogP contribution in [0, 0.1) is 5.92 Å². The first-order chi connectivity index (χ1) is 14.3. The van der Waals surface area contributed by atoms with Gasteiger partial charge in [-0.3, -0.25) is 4.79 Å². The number of benzene rings is 2. The SMILES string of the molecule is O=C(c1cccs1)N1N=C2/C(=C/c3ccccc3)CCC[C@@H]2[C@@H]1c1ccccc1. The first kappa shape index (κ1) is 18.1. The quantitative estimate of drug-likeness (QED) is 0.518. The van der Waals surface area contributed by atoms with Gasteiger partial charge in [0.1, 0.15) is 0 Å². The van der Waals surface area contributed by atoms with Crippen molar-refractivity contribution in [3.05, 3.63) is 99.8 Å². The molecular formula is C25H22N2OS. The van der Waals surface area contributed by atoms with E-state index in [1.165, 1.54) is 22.5 Å². The Morgan fingerprint density at radius 1 is 1.00 bits per heavy atom. The number of carbonyl (C=O) groups is 1. The molecule has 144 valence electrons. The zero-order chi connectivity index (χ0) is 19.6. The molecule has 3 nitrogen and oxygen atoms in total. The molecule has 4 heteroatoms. The molecule has 5 rings (SSSR count). The third-order valence-electron chi connectivity index (χ3n) is 5.72. The summed E-state index contributed by atoms with van der Waals surface area (Å²) in [5, 5.41) is 8.63. The molecule has 0 N–H and O–H groups in total. The normalized spacial score (nSPS) is 22.4. The third-order valence-corrected chi connectivity index (χ3v) is 6.58. The fourth-order valence-electron chi connectivity index (χ4n) is 4.42. The first-order valence-corrected chi connectivity index (χ1v) is 11.0. The molecular weight excluding hydrogens is 376 g/mol. The Balaban J connectivity index is 1.58. The van der Waals surface area contributed by atoms with Crippen LogP contribution >= 0.6 is 11.3 Å². The summed E-state index contributed by atoms with van der Waals surface area (Å²) in [6, 6.07) is 24.5. The van der Waals surface area contributed by atoms with Gasteiger partial charge < -0.3 is 0 Å². The van der Waals surface area contributed by atoms with Gasteiger partial charge in [-0.05, 0) is 53.5 Å². The van der Waals surface area contributed by atoms with Crippen LogP contribution in [0.25, 0.3) is 6.08 Å². The van der Waals surface area contributed by atoms with Gasteiger partial charge in [0.05, 0.1) is 16.6 Å². The van der Waals surface area contributed by atoms with E-state index in [2.05, 4.69) is 42.5 Å². The lowest BCUT2D eigenvalue weighted by molar-refractivity contribution is 0.0686. The predicted octanol–water partition coefficient (Wildman–Crippen LogP) is 6.18. The Hall–Kier alpha value is -2.98. The van der Waals surface area contributed by atoms with Crippen molar-refractivity contribution in [2.45, 2.75) is 25.3 Å². The molecule has 1 aliphatic carbocycles. The first-order valence-electron chi connectivity index (χ1n) is 10.1. The summed E-state index contributed by atoms with van der Waals surface area (Å²) in [5.74, 6) is 0.236.